The zero-order valence-electron chi connectivity index (χ0n) is 10.9. The van der Waals surface area contributed by atoms with Crippen LogP contribution in [0, 0.1) is 13.1 Å². The van der Waals surface area contributed by atoms with Crippen LogP contribution in [0.5, 0.6) is 5.75 Å². The van der Waals surface area contributed by atoms with E-state index in [1.54, 1.807) is 0 Å². The van der Waals surface area contributed by atoms with Crippen molar-refractivity contribution in [3.63, 3.8) is 0 Å². The van der Waals surface area contributed by atoms with Crippen LogP contribution in [0.4, 0.5) is 0 Å². The van der Waals surface area contributed by atoms with Gasteiger partial charge in [0.05, 0.1) is 15.7 Å². The van der Waals surface area contributed by atoms with Crippen molar-refractivity contribution in [1.29, 1.82) is 0 Å². The lowest BCUT2D eigenvalue weighted by molar-refractivity contribution is 0.127. The molecule has 0 aromatic heterocycles. The largest absolute Gasteiger partial charge is 0.506 e. The van der Waals surface area contributed by atoms with Crippen molar-refractivity contribution in [1.82, 2.24) is 0 Å². The zero-order valence-corrected chi connectivity index (χ0v) is 16.1. The molecule has 1 aromatic rings. The van der Waals surface area contributed by atoms with Gasteiger partial charge >= 0.3 is 0 Å². The maximum absolute atomic E-state index is 10.1. The maximum atomic E-state index is 10.1. The van der Waals surface area contributed by atoms with Crippen LogP contribution in [0.15, 0.2) is 12.1 Å². The maximum Gasteiger partial charge on any atom is 0.133 e. The molecule has 6 heteroatoms. The molecule has 0 bridgehead atoms. The monoisotopic (exact) mass is 511 g/mol. The Kier molecular flexibility index (Phi) is 9.18. The SMILES string of the molecule is CC(C)CC[C@H](O)[C@H](N)c1cc(I)cc(I)c1O.Cl. The molecule has 0 aliphatic rings. The highest BCUT2D eigenvalue weighted by Gasteiger charge is 2.21. The van der Waals surface area contributed by atoms with Gasteiger partial charge in [-0.2, -0.15) is 0 Å². The minimum Gasteiger partial charge on any atom is -0.506 e. The van der Waals surface area contributed by atoms with Crippen LogP contribution in [-0.4, -0.2) is 16.3 Å². The van der Waals surface area contributed by atoms with E-state index in [-0.39, 0.29) is 18.2 Å². The van der Waals surface area contributed by atoms with Crippen molar-refractivity contribution in [3.05, 3.63) is 24.8 Å². The summed E-state index contributed by atoms with van der Waals surface area (Å²) in [6.45, 7) is 4.23. The van der Waals surface area contributed by atoms with Crippen molar-refractivity contribution >= 4 is 57.6 Å². The quantitative estimate of drug-likeness (QED) is 0.527. The molecule has 0 aliphatic heterocycles. The zero-order chi connectivity index (χ0) is 13.9. The molecule has 2 atom stereocenters. The molecule has 3 nitrogen and oxygen atoms in total. The van der Waals surface area contributed by atoms with E-state index in [0.29, 0.717) is 17.9 Å². The first kappa shape index (κ1) is 19.7. The van der Waals surface area contributed by atoms with Gasteiger partial charge in [-0.05, 0) is 76.1 Å². The fourth-order valence-corrected chi connectivity index (χ4v) is 3.62. The molecule has 1 rings (SSSR count). The van der Waals surface area contributed by atoms with Crippen molar-refractivity contribution in [2.24, 2.45) is 11.7 Å². The molecule has 19 heavy (non-hydrogen) atoms. The molecular weight excluding hydrogens is 491 g/mol. The van der Waals surface area contributed by atoms with Crippen molar-refractivity contribution in [2.45, 2.75) is 38.8 Å². The van der Waals surface area contributed by atoms with Crippen molar-refractivity contribution in [3.8, 4) is 5.75 Å². The van der Waals surface area contributed by atoms with Crippen LogP contribution in [0.3, 0.4) is 0 Å². The van der Waals surface area contributed by atoms with Gasteiger partial charge in [0.1, 0.15) is 5.75 Å². The number of phenols is 1. The summed E-state index contributed by atoms with van der Waals surface area (Å²) in [5, 5.41) is 20.1. The van der Waals surface area contributed by atoms with Crippen LogP contribution >= 0.6 is 57.6 Å². The van der Waals surface area contributed by atoms with Crippen molar-refractivity contribution in [2.75, 3.05) is 0 Å². The van der Waals surface area contributed by atoms with Gasteiger partial charge in [0.25, 0.3) is 0 Å². The summed E-state index contributed by atoms with van der Waals surface area (Å²) in [5.41, 5.74) is 6.67. The van der Waals surface area contributed by atoms with Gasteiger partial charge in [-0.25, -0.2) is 0 Å². The number of rotatable bonds is 5. The van der Waals surface area contributed by atoms with E-state index in [4.69, 9.17) is 5.73 Å². The minimum atomic E-state index is -0.618. The molecule has 0 amide bonds. The molecule has 4 N–H and O–H groups in total. The molecule has 110 valence electrons. The van der Waals surface area contributed by atoms with E-state index in [9.17, 15) is 10.2 Å². The number of aliphatic hydroxyl groups excluding tert-OH is 1. The summed E-state index contributed by atoms with van der Waals surface area (Å²) in [5.74, 6) is 0.726. The highest BCUT2D eigenvalue weighted by atomic mass is 127. The topological polar surface area (TPSA) is 66.5 Å². The summed E-state index contributed by atoms with van der Waals surface area (Å²) in [6.07, 6.45) is 0.962. The van der Waals surface area contributed by atoms with Crippen molar-refractivity contribution < 1.29 is 10.2 Å². The Morgan fingerprint density at radius 1 is 1.21 bits per heavy atom. The number of aliphatic hydroxyl groups is 1. The summed E-state index contributed by atoms with van der Waals surface area (Å²) in [6, 6.07) is 3.18. The van der Waals surface area contributed by atoms with E-state index in [1.165, 1.54) is 0 Å². The Balaban J connectivity index is 0.00000324. The smallest absolute Gasteiger partial charge is 0.133 e. The summed E-state index contributed by atoms with van der Waals surface area (Å²) < 4.78 is 1.78. The van der Waals surface area contributed by atoms with Gasteiger partial charge < -0.3 is 15.9 Å². The predicted molar refractivity (Wildman–Crippen MR) is 97.8 cm³/mol. The lowest BCUT2D eigenvalue weighted by atomic mass is 9.95. The van der Waals surface area contributed by atoms with Gasteiger partial charge in [0, 0.05) is 9.13 Å². The lowest BCUT2D eigenvalue weighted by Crippen LogP contribution is -2.26. The second-order valence-corrected chi connectivity index (χ2v) is 7.30. The van der Waals surface area contributed by atoms with E-state index in [1.807, 2.05) is 12.1 Å². The summed E-state index contributed by atoms with van der Waals surface area (Å²) in [7, 11) is 0. The number of nitrogens with two attached hydrogens (primary N) is 1. The minimum absolute atomic E-state index is 0. The van der Waals surface area contributed by atoms with Crippen LogP contribution < -0.4 is 5.73 Å². The molecule has 0 fully saturated rings. The third-order valence-corrected chi connectivity index (χ3v) is 4.32. The van der Waals surface area contributed by atoms with Gasteiger partial charge in [-0.1, -0.05) is 13.8 Å². The van der Waals surface area contributed by atoms with Crippen LogP contribution in [-0.2, 0) is 0 Å². The normalized spacial score (nSPS) is 14.1. The molecule has 0 unspecified atom stereocenters. The fraction of sp³-hybridized carbons (Fsp3) is 0.538. The average Bonchev–Trinajstić information content (AvgIpc) is 2.29. The second kappa shape index (κ2) is 8.86. The first-order valence-corrected chi connectivity index (χ1v) is 8.10. The van der Waals surface area contributed by atoms with Gasteiger partial charge in [0.2, 0.25) is 0 Å². The Hall–Kier alpha value is 0.690. The lowest BCUT2D eigenvalue weighted by Gasteiger charge is -2.21. The second-order valence-electron chi connectivity index (χ2n) is 4.89. The summed E-state index contributed by atoms with van der Waals surface area (Å²) >= 11 is 4.26. The Morgan fingerprint density at radius 3 is 2.32 bits per heavy atom. The molecule has 0 aliphatic carbocycles. The molecule has 0 saturated carbocycles. The number of aromatic hydroxyl groups is 1. The third-order valence-electron chi connectivity index (χ3n) is 2.87. The fourth-order valence-electron chi connectivity index (χ4n) is 1.73. The number of hydrogen-bond acceptors (Lipinski definition) is 3. The number of phenolic OH excluding ortho intramolecular Hbond substituents is 1. The van der Waals surface area contributed by atoms with Crippen LogP contribution in [0.25, 0.3) is 0 Å². The first-order valence-electron chi connectivity index (χ1n) is 5.94. The molecule has 0 radical (unpaired) electrons. The Labute approximate surface area is 148 Å². The third kappa shape index (κ3) is 5.91. The molecule has 1 aromatic carbocycles. The van der Waals surface area contributed by atoms with E-state index >= 15 is 0 Å². The van der Waals surface area contributed by atoms with Crippen LogP contribution in [0.2, 0.25) is 0 Å². The molecule has 0 heterocycles. The van der Waals surface area contributed by atoms with E-state index in [2.05, 4.69) is 59.0 Å². The summed E-state index contributed by atoms with van der Waals surface area (Å²) in [4.78, 5) is 0. The number of halogens is 3. The average molecular weight is 512 g/mol. The Bertz CT molecular complexity index is 416. The highest BCUT2D eigenvalue weighted by molar-refractivity contribution is 14.1. The van der Waals surface area contributed by atoms with Gasteiger partial charge in [-0.15, -0.1) is 12.4 Å². The van der Waals surface area contributed by atoms with Crippen LogP contribution in [0.1, 0.15) is 38.3 Å². The van der Waals surface area contributed by atoms with Gasteiger partial charge in [0.15, 0.2) is 0 Å². The molecule has 0 saturated heterocycles. The molecular formula is C13H20ClI2NO2. The van der Waals surface area contributed by atoms with E-state index in [0.717, 1.165) is 13.6 Å². The number of hydrogen-bond donors (Lipinski definition) is 3. The first-order chi connectivity index (χ1) is 8.32. The van der Waals surface area contributed by atoms with E-state index < -0.39 is 12.1 Å². The van der Waals surface area contributed by atoms with Gasteiger partial charge in [-0.3, -0.25) is 0 Å². The standard InChI is InChI=1S/C13H19I2NO2.ClH/c1-7(2)3-4-11(17)12(16)9-5-8(14)6-10(15)13(9)18;/h5-7,11-12,17-18H,3-4,16H2,1-2H3;1H/t11-,12+;/m0./s1. The highest BCUT2D eigenvalue weighted by Crippen LogP contribution is 2.32. The molecule has 0 spiro atoms. The number of benzene rings is 1. The Morgan fingerprint density at radius 2 is 1.79 bits per heavy atom. The predicted octanol–water partition coefficient (Wildman–Crippen LogP) is 3.82.